The van der Waals surface area contributed by atoms with Crippen LogP contribution in [-0.4, -0.2) is 15.0 Å². The van der Waals surface area contributed by atoms with Gasteiger partial charge in [0.1, 0.15) is 0 Å². The molecule has 1 heterocycles. The van der Waals surface area contributed by atoms with E-state index in [1.54, 1.807) is 24.3 Å². The summed E-state index contributed by atoms with van der Waals surface area (Å²) >= 11 is 5.72. The van der Waals surface area contributed by atoms with Gasteiger partial charge in [-0.2, -0.15) is 0 Å². The fraction of sp³-hybridized carbons (Fsp3) is 0. The van der Waals surface area contributed by atoms with Crippen LogP contribution in [0.1, 0.15) is 1.37 Å². The summed E-state index contributed by atoms with van der Waals surface area (Å²) in [5.74, 6) is 0. The van der Waals surface area contributed by atoms with Gasteiger partial charge in [0, 0.05) is 5.02 Å². The van der Waals surface area contributed by atoms with Gasteiger partial charge in [0.15, 0.2) is 0 Å². The number of nitrogens with zero attached hydrogens (tertiary/aromatic N) is 3. The molecule has 0 radical (unpaired) electrons. The molecule has 0 unspecified atom stereocenters. The van der Waals surface area contributed by atoms with E-state index in [-0.39, 0.29) is 6.17 Å². The third kappa shape index (κ3) is 1.31. The second kappa shape index (κ2) is 2.95. The number of benzene rings is 1. The highest BCUT2D eigenvalue weighted by molar-refractivity contribution is 6.30. The van der Waals surface area contributed by atoms with Gasteiger partial charge in [-0.1, -0.05) is 16.8 Å². The summed E-state index contributed by atoms with van der Waals surface area (Å²) in [4.78, 5) is 0. The van der Waals surface area contributed by atoms with Crippen LogP contribution < -0.4 is 0 Å². The predicted molar refractivity (Wildman–Crippen MR) is 46.4 cm³/mol. The highest BCUT2D eigenvalue weighted by Gasteiger charge is 1.94. The van der Waals surface area contributed by atoms with E-state index in [1.807, 2.05) is 0 Å². The number of hydrogen-bond acceptors (Lipinski definition) is 2. The van der Waals surface area contributed by atoms with Crippen LogP contribution in [-0.2, 0) is 0 Å². The minimum atomic E-state index is 0.252. The van der Waals surface area contributed by atoms with E-state index in [0.717, 1.165) is 5.69 Å². The molecule has 0 aliphatic heterocycles. The number of aromatic nitrogens is 3. The van der Waals surface area contributed by atoms with Crippen LogP contribution in [0.25, 0.3) is 5.69 Å². The zero-order valence-corrected chi connectivity index (χ0v) is 6.86. The molecule has 0 spiro atoms. The van der Waals surface area contributed by atoms with Gasteiger partial charge in [0.05, 0.1) is 19.4 Å². The maximum atomic E-state index is 7.45. The van der Waals surface area contributed by atoms with E-state index in [4.69, 9.17) is 13.0 Å². The Labute approximate surface area is 76.0 Å². The minimum Gasteiger partial charge on any atom is -0.221 e. The second-order valence-electron chi connectivity index (χ2n) is 2.25. The lowest BCUT2D eigenvalue weighted by molar-refractivity contribution is 0.803. The molecule has 4 heteroatoms. The summed E-state index contributed by atoms with van der Waals surface area (Å²) in [5, 5.41) is 8.03. The van der Waals surface area contributed by atoms with Crippen molar-refractivity contribution in [2.24, 2.45) is 0 Å². The molecule has 12 heavy (non-hydrogen) atoms. The molecular formula is C8H6ClN3. The molecule has 0 bridgehead atoms. The largest absolute Gasteiger partial charge is 0.221 e. The SMILES string of the molecule is [2H]c1cnnn1-c1ccc(Cl)cc1. The Balaban J connectivity index is 2.47. The minimum absolute atomic E-state index is 0.252. The molecule has 0 saturated carbocycles. The Morgan fingerprint density at radius 3 is 2.67 bits per heavy atom. The van der Waals surface area contributed by atoms with Gasteiger partial charge >= 0.3 is 0 Å². The van der Waals surface area contributed by atoms with E-state index in [1.165, 1.54) is 10.9 Å². The molecule has 0 N–H and O–H groups in total. The van der Waals surface area contributed by atoms with Crippen molar-refractivity contribution in [2.75, 3.05) is 0 Å². The summed E-state index contributed by atoms with van der Waals surface area (Å²) in [6.45, 7) is 0. The van der Waals surface area contributed by atoms with Crippen molar-refractivity contribution in [2.45, 2.75) is 0 Å². The van der Waals surface area contributed by atoms with E-state index < -0.39 is 0 Å². The first-order chi connectivity index (χ1) is 6.27. The summed E-state index contributed by atoms with van der Waals surface area (Å²) < 4.78 is 8.87. The first kappa shape index (κ1) is 6.20. The third-order valence-electron chi connectivity index (χ3n) is 1.45. The van der Waals surface area contributed by atoms with Crippen molar-refractivity contribution in [3.8, 4) is 5.69 Å². The molecule has 3 nitrogen and oxygen atoms in total. The molecule has 1 aromatic carbocycles. The van der Waals surface area contributed by atoms with Gasteiger partial charge < -0.3 is 0 Å². The highest BCUT2D eigenvalue weighted by Crippen LogP contribution is 2.11. The van der Waals surface area contributed by atoms with Crippen molar-refractivity contribution < 1.29 is 1.37 Å². The Bertz CT molecular complexity index is 410. The van der Waals surface area contributed by atoms with Gasteiger partial charge in [-0.3, -0.25) is 0 Å². The number of rotatable bonds is 1. The first-order valence-electron chi connectivity index (χ1n) is 3.90. The average molecular weight is 181 g/mol. The Morgan fingerprint density at radius 1 is 1.33 bits per heavy atom. The molecule has 1 aromatic heterocycles. The molecule has 2 aromatic rings. The van der Waals surface area contributed by atoms with Crippen LogP contribution in [0.2, 0.25) is 5.02 Å². The van der Waals surface area contributed by atoms with Gasteiger partial charge in [-0.15, -0.1) is 5.10 Å². The maximum Gasteiger partial charge on any atom is 0.0859 e. The van der Waals surface area contributed by atoms with Crippen molar-refractivity contribution in [1.82, 2.24) is 15.0 Å². The Morgan fingerprint density at radius 2 is 2.08 bits per heavy atom. The van der Waals surface area contributed by atoms with Crippen LogP contribution in [0.3, 0.4) is 0 Å². The molecule has 2 rings (SSSR count). The molecule has 60 valence electrons. The maximum absolute atomic E-state index is 7.45. The second-order valence-corrected chi connectivity index (χ2v) is 2.69. The summed E-state index contributed by atoms with van der Waals surface area (Å²) in [7, 11) is 0. The van der Waals surface area contributed by atoms with E-state index in [2.05, 4.69) is 10.3 Å². The van der Waals surface area contributed by atoms with Crippen molar-refractivity contribution in [3.05, 3.63) is 41.7 Å². The van der Waals surface area contributed by atoms with Crippen LogP contribution in [0, 0.1) is 0 Å². The monoisotopic (exact) mass is 180 g/mol. The van der Waals surface area contributed by atoms with Crippen LogP contribution in [0.15, 0.2) is 36.6 Å². The lowest BCUT2D eigenvalue weighted by Gasteiger charge is -1.98. The summed E-state index contributed by atoms with van der Waals surface area (Å²) in [6, 6.07) is 7.07. The third-order valence-corrected chi connectivity index (χ3v) is 1.70. The zero-order chi connectivity index (χ0) is 9.26. The highest BCUT2D eigenvalue weighted by atomic mass is 35.5. The standard InChI is InChI=1S/C8H6ClN3/c9-7-1-3-8(4-2-7)12-6-5-10-11-12/h1-6H/i6D. The summed E-state index contributed by atoms with van der Waals surface area (Å²) in [6.07, 6.45) is 1.64. The molecule has 0 aliphatic carbocycles. The van der Waals surface area contributed by atoms with Crippen LogP contribution >= 0.6 is 11.6 Å². The van der Waals surface area contributed by atoms with Crippen molar-refractivity contribution in [3.63, 3.8) is 0 Å². The zero-order valence-electron chi connectivity index (χ0n) is 7.11. The van der Waals surface area contributed by atoms with Crippen LogP contribution in [0.5, 0.6) is 0 Å². The average Bonchev–Trinajstić information content (AvgIpc) is 2.53. The van der Waals surface area contributed by atoms with Gasteiger partial charge in [0.2, 0.25) is 0 Å². The number of hydrogen-bond donors (Lipinski definition) is 0. The van der Waals surface area contributed by atoms with Gasteiger partial charge in [-0.05, 0) is 24.3 Å². The molecule has 0 aliphatic rings. The molecule has 0 amide bonds. The fourth-order valence-corrected chi connectivity index (χ4v) is 1.02. The Hall–Kier alpha value is -1.35. The van der Waals surface area contributed by atoms with Gasteiger partial charge in [0.25, 0.3) is 0 Å². The quantitative estimate of drug-likeness (QED) is 0.672. The Kier molecular flexibility index (Phi) is 1.52. The predicted octanol–water partition coefficient (Wildman–Crippen LogP) is 1.92. The van der Waals surface area contributed by atoms with Crippen molar-refractivity contribution in [1.29, 1.82) is 0 Å². The lowest BCUT2D eigenvalue weighted by Crippen LogP contribution is -1.93. The van der Waals surface area contributed by atoms with E-state index in [9.17, 15) is 0 Å². The smallest absolute Gasteiger partial charge is 0.0859 e. The normalized spacial score (nSPS) is 11.2. The summed E-state index contributed by atoms with van der Waals surface area (Å²) in [5.41, 5.74) is 0.784. The van der Waals surface area contributed by atoms with Gasteiger partial charge in [-0.25, -0.2) is 4.68 Å². The lowest BCUT2D eigenvalue weighted by atomic mass is 10.3. The molecule has 0 fully saturated rings. The molecule has 0 saturated heterocycles. The van der Waals surface area contributed by atoms with Crippen LogP contribution in [0.4, 0.5) is 0 Å². The number of halogens is 1. The topological polar surface area (TPSA) is 30.7 Å². The molecular weight excluding hydrogens is 174 g/mol. The van der Waals surface area contributed by atoms with E-state index in [0.29, 0.717) is 5.02 Å². The first-order valence-corrected chi connectivity index (χ1v) is 3.78. The molecule has 0 atom stereocenters. The van der Waals surface area contributed by atoms with Crippen molar-refractivity contribution >= 4 is 11.6 Å². The van der Waals surface area contributed by atoms with E-state index >= 15 is 0 Å². The fourth-order valence-electron chi connectivity index (χ4n) is 0.892.